The van der Waals surface area contributed by atoms with E-state index in [4.69, 9.17) is 0 Å². The van der Waals surface area contributed by atoms with Gasteiger partial charge in [-0.25, -0.2) is 4.98 Å². The van der Waals surface area contributed by atoms with Crippen molar-refractivity contribution in [2.45, 2.75) is 50.7 Å². The Morgan fingerprint density at radius 1 is 1.53 bits per heavy atom. The molecule has 1 aromatic heterocycles. The third-order valence-corrected chi connectivity index (χ3v) is 3.52. The smallest absolute Gasteiger partial charge is 0.251 e. The van der Waals surface area contributed by atoms with Crippen molar-refractivity contribution in [1.82, 2.24) is 15.3 Å². The van der Waals surface area contributed by atoms with Gasteiger partial charge in [-0.3, -0.25) is 9.59 Å². The summed E-state index contributed by atoms with van der Waals surface area (Å²) in [7, 11) is 0. The van der Waals surface area contributed by atoms with Gasteiger partial charge >= 0.3 is 0 Å². The van der Waals surface area contributed by atoms with Crippen LogP contribution in [0.25, 0.3) is 0 Å². The molecule has 0 saturated heterocycles. The van der Waals surface area contributed by atoms with Crippen LogP contribution in [0.4, 0.5) is 0 Å². The third kappa shape index (κ3) is 7.00. The lowest BCUT2D eigenvalue weighted by Gasteiger charge is -2.13. The predicted octanol–water partition coefficient (Wildman–Crippen LogP) is 1.95. The maximum Gasteiger partial charge on any atom is 0.251 e. The highest BCUT2D eigenvalue weighted by Gasteiger charge is 2.08. The number of thioether (sulfide) groups is 1. The normalized spacial score (nSPS) is 12.1. The van der Waals surface area contributed by atoms with Crippen molar-refractivity contribution >= 4 is 17.7 Å². The van der Waals surface area contributed by atoms with Crippen LogP contribution in [-0.2, 0) is 4.79 Å². The average molecular weight is 283 g/mol. The Labute approximate surface area is 117 Å². The summed E-state index contributed by atoms with van der Waals surface area (Å²) in [6.07, 6.45) is 5.96. The first kappa shape index (κ1) is 15.8. The molecule has 106 valence electrons. The monoisotopic (exact) mass is 283 g/mol. The van der Waals surface area contributed by atoms with Crippen molar-refractivity contribution in [1.29, 1.82) is 0 Å². The van der Waals surface area contributed by atoms with Gasteiger partial charge in [0.25, 0.3) is 5.56 Å². The van der Waals surface area contributed by atoms with Crippen molar-refractivity contribution < 1.29 is 4.79 Å². The highest BCUT2D eigenvalue weighted by atomic mass is 32.2. The van der Waals surface area contributed by atoms with E-state index in [9.17, 15) is 9.59 Å². The van der Waals surface area contributed by atoms with E-state index < -0.39 is 0 Å². The molecule has 0 spiro atoms. The van der Waals surface area contributed by atoms with Gasteiger partial charge in [0.2, 0.25) is 5.91 Å². The molecular formula is C13H21N3O2S. The van der Waals surface area contributed by atoms with Crippen LogP contribution in [0.3, 0.4) is 0 Å². The molecule has 0 radical (unpaired) electrons. The van der Waals surface area contributed by atoms with Crippen LogP contribution in [0.2, 0.25) is 0 Å². The molecular weight excluding hydrogens is 262 g/mol. The van der Waals surface area contributed by atoms with Gasteiger partial charge in [0.1, 0.15) is 0 Å². The fraction of sp³-hybridized carbons (Fsp3) is 0.615. The molecule has 6 heteroatoms. The van der Waals surface area contributed by atoms with E-state index in [2.05, 4.69) is 22.2 Å². The number of carbonyl (C=O) groups excluding carboxylic acids is 1. The van der Waals surface area contributed by atoms with Crippen LogP contribution in [0.15, 0.2) is 22.2 Å². The van der Waals surface area contributed by atoms with E-state index in [1.54, 1.807) is 0 Å². The number of hydrogen-bond donors (Lipinski definition) is 2. The van der Waals surface area contributed by atoms with Crippen LogP contribution >= 0.6 is 11.8 Å². The lowest BCUT2D eigenvalue weighted by atomic mass is 10.1. The molecule has 1 aromatic rings. The zero-order chi connectivity index (χ0) is 14.1. The molecule has 1 amide bonds. The van der Waals surface area contributed by atoms with Crippen molar-refractivity contribution in [3.8, 4) is 0 Å². The number of H-pyrrole nitrogens is 1. The lowest BCUT2D eigenvalue weighted by Crippen LogP contribution is -2.33. The second-order valence-corrected chi connectivity index (χ2v) is 5.46. The number of unbranched alkanes of at least 4 members (excludes halogenated alkanes) is 2. The minimum atomic E-state index is -0.203. The summed E-state index contributed by atoms with van der Waals surface area (Å²) in [4.78, 5) is 29.3. The van der Waals surface area contributed by atoms with Crippen molar-refractivity contribution in [2.75, 3.05) is 5.75 Å². The fourth-order valence-electron chi connectivity index (χ4n) is 1.65. The quantitative estimate of drug-likeness (QED) is 0.434. The fourth-order valence-corrected chi connectivity index (χ4v) is 2.31. The Morgan fingerprint density at radius 2 is 2.32 bits per heavy atom. The molecule has 0 unspecified atom stereocenters. The summed E-state index contributed by atoms with van der Waals surface area (Å²) in [5.41, 5.74) is -0.203. The molecule has 0 aliphatic heterocycles. The summed E-state index contributed by atoms with van der Waals surface area (Å²) in [5, 5.41) is 3.42. The second kappa shape index (κ2) is 8.74. The van der Waals surface area contributed by atoms with Crippen LogP contribution in [0, 0.1) is 0 Å². The third-order valence-electron chi connectivity index (χ3n) is 2.64. The highest BCUT2D eigenvalue weighted by Crippen LogP contribution is 2.09. The van der Waals surface area contributed by atoms with Gasteiger partial charge < -0.3 is 10.3 Å². The number of carbonyl (C=O) groups is 1. The highest BCUT2D eigenvalue weighted by molar-refractivity contribution is 7.99. The molecule has 0 aromatic carbocycles. The number of aromatic amines is 1. The van der Waals surface area contributed by atoms with Gasteiger partial charge in [-0.2, -0.15) is 0 Å². The first-order valence-corrected chi connectivity index (χ1v) is 7.58. The Hall–Kier alpha value is -1.30. The molecule has 1 heterocycles. The van der Waals surface area contributed by atoms with Gasteiger partial charge in [-0.15, -0.1) is 0 Å². The van der Waals surface area contributed by atoms with Crippen LogP contribution in [-0.4, -0.2) is 27.7 Å². The molecule has 0 saturated carbocycles. The number of nitrogens with zero attached hydrogens (tertiary/aromatic N) is 1. The van der Waals surface area contributed by atoms with Crippen LogP contribution in [0.5, 0.6) is 0 Å². The summed E-state index contributed by atoms with van der Waals surface area (Å²) < 4.78 is 0. The van der Waals surface area contributed by atoms with E-state index in [1.165, 1.54) is 36.9 Å². The van der Waals surface area contributed by atoms with Gasteiger partial charge in [-0.05, 0) is 13.3 Å². The number of rotatable bonds is 8. The number of hydrogen-bond acceptors (Lipinski definition) is 4. The zero-order valence-electron chi connectivity index (χ0n) is 11.4. The summed E-state index contributed by atoms with van der Waals surface area (Å²) >= 11 is 1.23. The van der Waals surface area contributed by atoms with Gasteiger partial charge in [0, 0.05) is 18.3 Å². The SMILES string of the molecule is CCCCC[C@H](C)NC(=O)CSc1nccc(=O)[nH]1. The topological polar surface area (TPSA) is 74.8 Å². The number of amides is 1. The Balaban J connectivity index is 2.26. The molecule has 19 heavy (non-hydrogen) atoms. The van der Waals surface area contributed by atoms with Crippen molar-refractivity contribution in [2.24, 2.45) is 0 Å². The van der Waals surface area contributed by atoms with Crippen LogP contribution in [0.1, 0.15) is 39.5 Å². The molecule has 0 aliphatic rings. The van der Waals surface area contributed by atoms with Gasteiger partial charge in [0.05, 0.1) is 5.75 Å². The van der Waals surface area contributed by atoms with E-state index in [0.717, 1.165) is 12.8 Å². The first-order valence-electron chi connectivity index (χ1n) is 6.59. The molecule has 1 atom stereocenters. The first-order chi connectivity index (χ1) is 9.11. The van der Waals surface area contributed by atoms with Crippen molar-refractivity contribution in [3.05, 3.63) is 22.6 Å². The Kier molecular flexibility index (Phi) is 7.25. The summed E-state index contributed by atoms with van der Waals surface area (Å²) in [5.74, 6) is 0.242. The second-order valence-electron chi connectivity index (χ2n) is 4.49. The van der Waals surface area contributed by atoms with Crippen molar-refractivity contribution in [3.63, 3.8) is 0 Å². The maximum atomic E-state index is 11.7. The predicted molar refractivity (Wildman–Crippen MR) is 77.3 cm³/mol. The number of aromatic nitrogens is 2. The molecule has 2 N–H and O–H groups in total. The Morgan fingerprint density at radius 3 is 3.00 bits per heavy atom. The lowest BCUT2D eigenvalue weighted by molar-refractivity contribution is -0.119. The zero-order valence-corrected chi connectivity index (χ0v) is 12.3. The van der Waals surface area contributed by atoms with Crippen LogP contribution < -0.4 is 10.9 Å². The average Bonchev–Trinajstić information content (AvgIpc) is 2.37. The summed E-state index contributed by atoms with van der Waals surface area (Å²) in [6.45, 7) is 4.17. The number of nitrogens with one attached hydrogen (secondary N) is 2. The molecule has 0 aliphatic carbocycles. The van der Waals surface area contributed by atoms with E-state index in [0.29, 0.717) is 5.16 Å². The Bertz CT molecular complexity index is 448. The van der Waals surface area contributed by atoms with E-state index >= 15 is 0 Å². The molecule has 0 bridgehead atoms. The molecule has 0 fully saturated rings. The molecule has 1 rings (SSSR count). The van der Waals surface area contributed by atoms with Gasteiger partial charge in [0.15, 0.2) is 5.16 Å². The summed E-state index contributed by atoms with van der Waals surface area (Å²) in [6, 6.07) is 1.54. The maximum absolute atomic E-state index is 11.7. The molecule has 5 nitrogen and oxygen atoms in total. The van der Waals surface area contributed by atoms with E-state index in [-0.39, 0.29) is 23.3 Å². The standard InChI is InChI=1S/C13H21N3O2S/c1-3-4-5-6-10(2)15-12(18)9-19-13-14-8-7-11(17)16-13/h7-8,10H,3-6,9H2,1-2H3,(H,15,18)(H,14,16,17)/t10-/m0/s1. The minimum absolute atomic E-state index is 0.0273. The van der Waals surface area contributed by atoms with Gasteiger partial charge in [-0.1, -0.05) is 37.9 Å². The minimum Gasteiger partial charge on any atom is -0.353 e. The van der Waals surface area contributed by atoms with E-state index in [1.807, 2.05) is 6.92 Å². The largest absolute Gasteiger partial charge is 0.353 e.